The van der Waals surface area contributed by atoms with Crippen LogP contribution in [0.15, 0.2) is 49.1 Å². The van der Waals surface area contributed by atoms with Crippen molar-refractivity contribution in [2.45, 2.75) is 37.8 Å². The molecular formula is C24H29N5O. The van der Waals surface area contributed by atoms with Crippen LogP contribution in [0.4, 0.5) is 5.82 Å². The molecule has 6 nitrogen and oxygen atoms in total. The molecule has 156 valence electrons. The third-order valence-corrected chi connectivity index (χ3v) is 7.51. The number of ether oxygens (including phenoxy) is 1. The number of rotatable bonds is 3. The van der Waals surface area contributed by atoms with E-state index in [0.29, 0.717) is 18.0 Å². The van der Waals surface area contributed by atoms with Gasteiger partial charge in [-0.25, -0.2) is 4.98 Å². The number of benzene rings is 1. The molecule has 0 radical (unpaired) electrons. The number of aromatic nitrogens is 3. The summed E-state index contributed by atoms with van der Waals surface area (Å²) in [7, 11) is 1.74. The van der Waals surface area contributed by atoms with Crippen LogP contribution in [0.25, 0.3) is 5.65 Å². The van der Waals surface area contributed by atoms with Gasteiger partial charge in [-0.15, -0.1) is 0 Å². The summed E-state index contributed by atoms with van der Waals surface area (Å²) in [5.41, 5.74) is 2.38. The Morgan fingerprint density at radius 3 is 2.80 bits per heavy atom. The quantitative estimate of drug-likeness (QED) is 0.666. The molecule has 0 saturated carbocycles. The first-order chi connectivity index (χ1) is 14.8. The van der Waals surface area contributed by atoms with Crippen molar-refractivity contribution in [1.29, 1.82) is 0 Å². The minimum atomic E-state index is 0.547. The highest BCUT2D eigenvalue weighted by Gasteiger charge is 2.45. The van der Waals surface area contributed by atoms with Crippen molar-refractivity contribution in [2.24, 2.45) is 11.8 Å². The molecule has 30 heavy (non-hydrogen) atoms. The second-order valence-corrected chi connectivity index (χ2v) is 9.17. The summed E-state index contributed by atoms with van der Waals surface area (Å²) in [6.07, 6.45) is 13.1. The Morgan fingerprint density at radius 1 is 1.03 bits per heavy atom. The molecule has 4 atom stereocenters. The second-order valence-electron chi connectivity index (χ2n) is 9.17. The Bertz CT molecular complexity index is 1030. The maximum absolute atomic E-state index is 5.37. The Hall–Kier alpha value is -2.60. The van der Waals surface area contributed by atoms with Crippen LogP contribution < -0.4 is 9.64 Å². The highest BCUT2D eigenvalue weighted by molar-refractivity contribution is 5.49. The molecule has 3 saturated heterocycles. The van der Waals surface area contributed by atoms with Crippen molar-refractivity contribution < 1.29 is 4.74 Å². The van der Waals surface area contributed by atoms with Crippen LogP contribution in [0.1, 0.15) is 37.3 Å². The fraction of sp³-hybridized carbons (Fsp3) is 0.500. The topological polar surface area (TPSA) is 45.9 Å². The van der Waals surface area contributed by atoms with Crippen LogP contribution in [-0.2, 0) is 0 Å². The Labute approximate surface area is 177 Å². The van der Waals surface area contributed by atoms with E-state index in [9.17, 15) is 0 Å². The zero-order valence-corrected chi connectivity index (χ0v) is 17.5. The van der Waals surface area contributed by atoms with Gasteiger partial charge in [0.25, 0.3) is 0 Å². The van der Waals surface area contributed by atoms with E-state index in [2.05, 4.69) is 54.6 Å². The molecular weight excluding hydrogens is 374 g/mol. The standard InChI is InChI=1S/C24H29N5O/c1-30-20-7-5-18(6-8-20)21-3-2-4-22-19-11-17(15-29(21)22)14-27(16-19)24-13-25-12-23-26-9-10-28(23)24/h5-10,12-13,17,19,21-22H,2-4,11,14-16H2,1H3/t17-,19+,21+,22-/m0/s1. The fourth-order valence-corrected chi connectivity index (χ4v) is 6.25. The minimum Gasteiger partial charge on any atom is -0.497 e. The number of hydrogen-bond acceptors (Lipinski definition) is 5. The van der Waals surface area contributed by atoms with Crippen molar-refractivity contribution in [3.05, 3.63) is 54.6 Å². The normalized spacial score (nSPS) is 29.0. The smallest absolute Gasteiger partial charge is 0.156 e. The number of imidazole rings is 1. The Balaban J connectivity index is 1.27. The molecule has 6 heteroatoms. The van der Waals surface area contributed by atoms with Crippen molar-refractivity contribution in [3.63, 3.8) is 0 Å². The number of nitrogens with zero attached hydrogens (tertiary/aromatic N) is 5. The number of piperidine rings is 3. The monoisotopic (exact) mass is 403 g/mol. The lowest BCUT2D eigenvalue weighted by atomic mass is 9.74. The average molecular weight is 404 g/mol. The first kappa shape index (κ1) is 18.2. The fourth-order valence-electron chi connectivity index (χ4n) is 6.25. The van der Waals surface area contributed by atoms with Gasteiger partial charge in [-0.1, -0.05) is 12.1 Å². The van der Waals surface area contributed by atoms with Crippen molar-refractivity contribution in [2.75, 3.05) is 31.6 Å². The van der Waals surface area contributed by atoms with Crippen LogP contribution in [0.5, 0.6) is 5.75 Å². The second kappa shape index (κ2) is 7.27. The van der Waals surface area contributed by atoms with Gasteiger partial charge in [0.15, 0.2) is 5.65 Å². The number of methoxy groups -OCH3 is 1. The van der Waals surface area contributed by atoms with E-state index in [4.69, 9.17) is 4.74 Å². The van der Waals surface area contributed by atoms with E-state index in [1.165, 1.54) is 43.6 Å². The van der Waals surface area contributed by atoms with Crippen LogP contribution in [-0.4, -0.2) is 52.1 Å². The summed E-state index contributed by atoms with van der Waals surface area (Å²) >= 11 is 0. The lowest BCUT2D eigenvalue weighted by Gasteiger charge is -2.55. The third-order valence-electron chi connectivity index (χ3n) is 7.51. The maximum atomic E-state index is 5.37. The minimum absolute atomic E-state index is 0.547. The van der Waals surface area contributed by atoms with E-state index in [1.54, 1.807) is 7.11 Å². The molecule has 2 bridgehead atoms. The first-order valence-corrected chi connectivity index (χ1v) is 11.2. The molecule has 3 fully saturated rings. The summed E-state index contributed by atoms with van der Waals surface area (Å²) in [5.74, 6) is 3.56. The summed E-state index contributed by atoms with van der Waals surface area (Å²) in [6.45, 7) is 3.42. The van der Waals surface area contributed by atoms with Crippen LogP contribution in [0, 0.1) is 11.8 Å². The summed E-state index contributed by atoms with van der Waals surface area (Å²) < 4.78 is 7.56. The van der Waals surface area contributed by atoms with Crippen LogP contribution >= 0.6 is 0 Å². The number of fused-ring (bicyclic) bond motifs is 5. The van der Waals surface area contributed by atoms with Gasteiger partial charge < -0.3 is 9.64 Å². The van der Waals surface area contributed by atoms with Crippen molar-refractivity contribution in [3.8, 4) is 5.75 Å². The molecule has 3 aliphatic rings. The van der Waals surface area contributed by atoms with E-state index in [0.717, 1.165) is 30.4 Å². The first-order valence-electron chi connectivity index (χ1n) is 11.2. The predicted octanol–water partition coefficient (Wildman–Crippen LogP) is 3.79. The van der Waals surface area contributed by atoms with Crippen LogP contribution in [0.3, 0.4) is 0 Å². The summed E-state index contributed by atoms with van der Waals surface area (Å²) in [6, 6.07) is 10.0. The van der Waals surface area contributed by atoms with Crippen LogP contribution in [0.2, 0.25) is 0 Å². The number of hydrogen-bond donors (Lipinski definition) is 0. The lowest BCUT2D eigenvalue weighted by Crippen LogP contribution is -2.59. The molecule has 6 rings (SSSR count). The summed E-state index contributed by atoms with van der Waals surface area (Å²) in [5, 5.41) is 0. The van der Waals surface area contributed by atoms with Gasteiger partial charge in [-0.3, -0.25) is 14.3 Å². The summed E-state index contributed by atoms with van der Waals surface area (Å²) in [4.78, 5) is 14.3. The highest BCUT2D eigenvalue weighted by atomic mass is 16.5. The molecule has 0 N–H and O–H groups in total. The van der Waals surface area contributed by atoms with Gasteiger partial charge in [0.05, 0.1) is 19.5 Å². The van der Waals surface area contributed by atoms with Gasteiger partial charge in [0, 0.05) is 44.1 Å². The average Bonchev–Trinajstić information content (AvgIpc) is 3.28. The molecule has 2 aromatic heterocycles. The van der Waals surface area contributed by atoms with Gasteiger partial charge >= 0.3 is 0 Å². The predicted molar refractivity (Wildman–Crippen MR) is 117 cm³/mol. The molecule has 3 aliphatic heterocycles. The van der Waals surface area contributed by atoms with Crippen molar-refractivity contribution >= 4 is 11.5 Å². The SMILES string of the molecule is COc1ccc([C@H]2CCC[C@H]3[C@@H]4C[C@@H](CN(c5cncc6nccn56)C4)CN23)cc1. The van der Waals surface area contributed by atoms with Gasteiger partial charge in [-0.05, 0) is 55.2 Å². The van der Waals surface area contributed by atoms with Gasteiger partial charge in [0.2, 0.25) is 0 Å². The maximum Gasteiger partial charge on any atom is 0.156 e. The lowest BCUT2D eigenvalue weighted by molar-refractivity contribution is -0.0201. The Morgan fingerprint density at radius 2 is 1.93 bits per heavy atom. The molecule has 0 spiro atoms. The molecule has 0 amide bonds. The largest absolute Gasteiger partial charge is 0.497 e. The highest BCUT2D eigenvalue weighted by Crippen LogP contribution is 2.45. The van der Waals surface area contributed by atoms with E-state index >= 15 is 0 Å². The van der Waals surface area contributed by atoms with Crippen molar-refractivity contribution in [1.82, 2.24) is 19.3 Å². The zero-order valence-electron chi connectivity index (χ0n) is 17.5. The molecule has 1 aromatic carbocycles. The van der Waals surface area contributed by atoms with E-state index < -0.39 is 0 Å². The number of anilines is 1. The van der Waals surface area contributed by atoms with Gasteiger partial charge in [0.1, 0.15) is 11.6 Å². The van der Waals surface area contributed by atoms with E-state index in [-0.39, 0.29) is 0 Å². The van der Waals surface area contributed by atoms with Gasteiger partial charge in [-0.2, -0.15) is 0 Å². The molecule has 0 aliphatic carbocycles. The van der Waals surface area contributed by atoms with E-state index in [1.807, 2.05) is 18.6 Å². The zero-order chi connectivity index (χ0) is 20.1. The third kappa shape index (κ3) is 2.97. The molecule has 0 unspecified atom stereocenters. The molecule has 3 aromatic rings. The Kier molecular flexibility index (Phi) is 4.41. The molecule has 5 heterocycles.